The van der Waals surface area contributed by atoms with Gasteiger partial charge in [-0.25, -0.2) is 0 Å². The Balaban J connectivity index is 2.10. The van der Waals surface area contributed by atoms with E-state index in [9.17, 15) is 4.79 Å². The molecule has 116 valence electrons. The Morgan fingerprint density at radius 1 is 1.23 bits per heavy atom. The maximum atomic E-state index is 12.4. The van der Waals surface area contributed by atoms with Crippen molar-refractivity contribution in [3.8, 4) is 5.75 Å². The van der Waals surface area contributed by atoms with Crippen LogP contribution in [0.1, 0.15) is 23.6 Å². The normalized spacial score (nSPS) is 13.3. The van der Waals surface area contributed by atoms with Gasteiger partial charge in [0.2, 0.25) is 5.91 Å². The average molecular weight is 298 g/mol. The lowest BCUT2D eigenvalue weighted by Crippen LogP contribution is -2.48. The minimum atomic E-state index is -1.07. The molecule has 0 aromatic heterocycles. The minimum Gasteiger partial charge on any atom is -0.496 e. The molecule has 4 nitrogen and oxygen atoms in total. The summed E-state index contributed by atoms with van der Waals surface area (Å²) in [5.41, 5.74) is 7.94. The molecule has 0 spiro atoms. The first-order valence-electron chi connectivity index (χ1n) is 7.21. The van der Waals surface area contributed by atoms with Crippen LogP contribution in [0.3, 0.4) is 0 Å². The van der Waals surface area contributed by atoms with Gasteiger partial charge in [0, 0.05) is 12.1 Å². The summed E-state index contributed by atoms with van der Waals surface area (Å²) in [6.45, 7) is 4.09. The summed E-state index contributed by atoms with van der Waals surface area (Å²) >= 11 is 0. The minimum absolute atomic E-state index is 0.221. The monoisotopic (exact) mass is 298 g/mol. The molecule has 2 aromatic carbocycles. The summed E-state index contributed by atoms with van der Waals surface area (Å²) in [7, 11) is 1.62. The summed E-state index contributed by atoms with van der Waals surface area (Å²) in [5.74, 6) is 0.542. The van der Waals surface area contributed by atoms with Crippen LogP contribution in [-0.4, -0.2) is 13.0 Å². The average Bonchev–Trinajstić information content (AvgIpc) is 2.54. The van der Waals surface area contributed by atoms with Crippen molar-refractivity contribution in [2.45, 2.75) is 25.9 Å². The molecule has 2 aromatic rings. The van der Waals surface area contributed by atoms with Gasteiger partial charge in [-0.05, 0) is 31.0 Å². The molecule has 0 aliphatic rings. The van der Waals surface area contributed by atoms with Crippen LogP contribution in [0.2, 0.25) is 0 Å². The second kappa shape index (κ2) is 6.62. The van der Waals surface area contributed by atoms with E-state index in [0.717, 1.165) is 22.4 Å². The number of benzene rings is 2. The Kier molecular flexibility index (Phi) is 4.83. The van der Waals surface area contributed by atoms with Gasteiger partial charge < -0.3 is 15.8 Å². The van der Waals surface area contributed by atoms with Crippen LogP contribution >= 0.6 is 0 Å². The van der Waals surface area contributed by atoms with E-state index in [1.54, 1.807) is 14.0 Å². The molecule has 1 unspecified atom stereocenters. The standard InChI is InChI=1S/C18H22N2O2/c1-13-9-10-14(16(11-13)22-3)12-20-17(21)18(2,19)15-7-5-4-6-8-15/h4-11H,12,19H2,1-3H3,(H,20,21). The zero-order valence-corrected chi connectivity index (χ0v) is 13.2. The number of aryl methyl sites for hydroxylation is 1. The molecular formula is C18H22N2O2. The van der Waals surface area contributed by atoms with Crippen LogP contribution in [0.25, 0.3) is 0 Å². The second-order valence-electron chi connectivity index (χ2n) is 5.57. The zero-order valence-electron chi connectivity index (χ0n) is 13.2. The molecule has 0 aliphatic heterocycles. The van der Waals surface area contributed by atoms with Crippen molar-refractivity contribution in [2.24, 2.45) is 5.73 Å². The molecule has 1 amide bonds. The highest BCUT2D eigenvalue weighted by atomic mass is 16.5. The molecule has 0 fully saturated rings. The first kappa shape index (κ1) is 16.0. The number of methoxy groups -OCH3 is 1. The van der Waals surface area contributed by atoms with Crippen molar-refractivity contribution in [1.82, 2.24) is 5.32 Å². The predicted octanol–water partition coefficient (Wildman–Crippen LogP) is 2.49. The first-order chi connectivity index (χ1) is 10.4. The summed E-state index contributed by atoms with van der Waals surface area (Å²) in [6, 6.07) is 15.2. The van der Waals surface area contributed by atoms with Crippen LogP contribution in [-0.2, 0) is 16.9 Å². The third kappa shape index (κ3) is 3.46. The third-order valence-corrected chi connectivity index (χ3v) is 3.73. The van der Waals surface area contributed by atoms with Gasteiger partial charge in [-0.2, -0.15) is 0 Å². The lowest BCUT2D eigenvalue weighted by atomic mass is 9.92. The van der Waals surface area contributed by atoms with Crippen LogP contribution < -0.4 is 15.8 Å². The number of hydrogen-bond donors (Lipinski definition) is 2. The van der Waals surface area contributed by atoms with Crippen LogP contribution in [0.5, 0.6) is 5.75 Å². The Bertz CT molecular complexity index is 651. The molecule has 0 bridgehead atoms. The predicted molar refractivity (Wildman–Crippen MR) is 87.6 cm³/mol. The van der Waals surface area contributed by atoms with E-state index < -0.39 is 5.54 Å². The molecule has 0 heterocycles. The Labute approximate surface area is 131 Å². The molecule has 0 saturated heterocycles. The van der Waals surface area contributed by atoms with Crippen molar-refractivity contribution in [1.29, 1.82) is 0 Å². The Hall–Kier alpha value is -2.33. The fourth-order valence-electron chi connectivity index (χ4n) is 2.27. The summed E-state index contributed by atoms with van der Waals surface area (Å²) in [6.07, 6.45) is 0. The number of amides is 1. The molecular weight excluding hydrogens is 276 g/mol. The highest BCUT2D eigenvalue weighted by Crippen LogP contribution is 2.21. The van der Waals surface area contributed by atoms with Gasteiger partial charge in [0.15, 0.2) is 0 Å². The van der Waals surface area contributed by atoms with Crippen molar-refractivity contribution in [3.63, 3.8) is 0 Å². The number of ether oxygens (including phenoxy) is 1. The number of carbonyl (C=O) groups is 1. The second-order valence-corrected chi connectivity index (χ2v) is 5.57. The summed E-state index contributed by atoms with van der Waals surface area (Å²) in [5, 5.41) is 2.89. The fraction of sp³-hybridized carbons (Fsp3) is 0.278. The van der Waals surface area contributed by atoms with Crippen LogP contribution in [0.4, 0.5) is 0 Å². The van der Waals surface area contributed by atoms with Crippen molar-refractivity contribution < 1.29 is 9.53 Å². The van der Waals surface area contributed by atoms with Gasteiger partial charge in [-0.1, -0.05) is 42.5 Å². The number of carbonyl (C=O) groups excluding carboxylic acids is 1. The maximum absolute atomic E-state index is 12.4. The lowest BCUT2D eigenvalue weighted by Gasteiger charge is -2.24. The number of rotatable bonds is 5. The molecule has 0 aliphatic carbocycles. The van der Waals surface area contributed by atoms with Gasteiger partial charge in [-0.15, -0.1) is 0 Å². The highest BCUT2D eigenvalue weighted by Gasteiger charge is 2.30. The lowest BCUT2D eigenvalue weighted by molar-refractivity contribution is -0.126. The molecule has 2 rings (SSSR count). The fourth-order valence-corrected chi connectivity index (χ4v) is 2.27. The molecule has 1 atom stereocenters. The molecule has 3 N–H and O–H groups in total. The summed E-state index contributed by atoms with van der Waals surface area (Å²) < 4.78 is 5.35. The van der Waals surface area contributed by atoms with E-state index in [4.69, 9.17) is 10.5 Å². The largest absolute Gasteiger partial charge is 0.496 e. The molecule has 0 radical (unpaired) electrons. The van der Waals surface area contributed by atoms with E-state index in [-0.39, 0.29) is 5.91 Å². The van der Waals surface area contributed by atoms with Crippen molar-refractivity contribution >= 4 is 5.91 Å². The number of hydrogen-bond acceptors (Lipinski definition) is 3. The van der Waals surface area contributed by atoms with Crippen molar-refractivity contribution in [3.05, 3.63) is 65.2 Å². The topological polar surface area (TPSA) is 64.3 Å². The Morgan fingerprint density at radius 3 is 2.55 bits per heavy atom. The molecule has 4 heteroatoms. The van der Waals surface area contributed by atoms with Crippen LogP contribution in [0, 0.1) is 6.92 Å². The van der Waals surface area contributed by atoms with Gasteiger partial charge in [0.25, 0.3) is 0 Å². The van der Waals surface area contributed by atoms with Crippen LogP contribution in [0.15, 0.2) is 48.5 Å². The molecule has 0 saturated carbocycles. The number of nitrogens with two attached hydrogens (primary N) is 1. The summed E-state index contributed by atoms with van der Waals surface area (Å²) in [4.78, 5) is 12.4. The van der Waals surface area contributed by atoms with E-state index >= 15 is 0 Å². The van der Waals surface area contributed by atoms with Gasteiger partial charge >= 0.3 is 0 Å². The van der Waals surface area contributed by atoms with Gasteiger partial charge in [0.05, 0.1) is 7.11 Å². The quantitative estimate of drug-likeness (QED) is 0.891. The van der Waals surface area contributed by atoms with Gasteiger partial charge in [-0.3, -0.25) is 4.79 Å². The van der Waals surface area contributed by atoms with E-state index in [0.29, 0.717) is 6.54 Å². The number of nitrogens with one attached hydrogen (secondary N) is 1. The van der Waals surface area contributed by atoms with Gasteiger partial charge in [0.1, 0.15) is 11.3 Å². The first-order valence-corrected chi connectivity index (χ1v) is 7.21. The smallest absolute Gasteiger partial charge is 0.244 e. The third-order valence-electron chi connectivity index (χ3n) is 3.73. The van der Waals surface area contributed by atoms with Crippen molar-refractivity contribution in [2.75, 3.05) is 7.11 Å². The highest BCUT2D eigenvalue weighted by molar-refractivity contribution is 5.87. The molecule has 22 heavy (non-hydrogen) atoms. The Morgan fingerprint density at radius 2 is 1.91 bits per heavy atom. The zero-order chi connectivity index (χ0) is 16.2. The van der Waals surface area contributed by atoms with E-state index in [1.165, 1.54) is 0 Å². The van der Waals surface area contributed by atoms with E-state index in [2.05, 4.69) is 5.32 Å². The maximum Gasteiger partial charge on any atom is 0.244 e. The SMILES string of the molecule is COc1cc(C)ccc1CNC(=O)C(C)(N)c1ccccc1. The van der Waals surface area contributed by atoms with E-state index in [1.807, 2.05) is 55.5 Å².